The molecule has 2 amide bonds. The summed E-state index contributed by atoms with van der Waals surface area (Å²) < 4.78 is 0. The molecular weight excluding hydrogens is 232 g/mol. The topological polar surface area (TPSA) is 78.4 Å². The minimum absolute atomic E-state index is 0.0520. The number of aliphatic carboxylic acids is 1. The van der Waals surface area contributed by atoms with Crippen LogP contribution in [0.5, 0.6) is 0 Å². The maximum Gasteiger partial charge on any atom is 0.315 e. The van der Waals surface area contributed by atoms with Crippen molar-refractivity contribution in [2.75, 3.05) is 0 Å². The zero-order chi connectivity index (χ0) is 14.3. The lowest BCUT2D eigenvalue weighted by Crippen LogP contribution is -2.49. The van der Waals surface area contributed by atoms with Gasteiger partial charge in [0.15, 0.2) is 0 Å². The van der Waals surface area contributed by atoms with E-state index in [0.717, 1.165) is 6.42 Å². The van der Waals surface area contributed by atoms with Gasteiger partial charge in [-0.25, -0.2) is 4.79 Å². The highest BCUT2D eigenvalue weighted by Crippen LogP contribution is 2.08. The third kappa shape index (κ3) is 6.47. The van der Waals surface area contributed by atoms with E-state index in [1.165, 1.54) is 0 Å². The van der Waals surface area contributed by atoms with Crippen LogP contribution in [0.1, 0.15) is 47.5 Å². The first-order chi connectivity index (χ1) is 8.27. The Morgan fingerprint density at radius 2 is 1.44 bits per heavy atom. The summed E-state index contributed by atoms with van der Waals surface area (Å²) in [5.74, 6) is -0.450. The van der Waals surface area contributed by atoms with Gasteiger partial charge in [0.25, 0.3) is 0 Å². The van der Waals surface area contributed by atoms with E-state index in [-0.39, 0.29) is 30.5 Å². The summed E-state index contributed by atoms with van der Waals surface area (Å²) >= 11 is 0. The van der Waals surface area contributed by atoms with E-state index >= 15 is 0 Å². The van der Waals surface area contributed by atoms with Crippen LogP contribution in [-0.2, 0) is 4.79 Å². The molecular formula is C13H26N2O3. The smallest absolute Gasteiger partial charge is 0.315 e. The second kappa shape index (κ2) is 7.95. The predicted molar refractivity (Wildman–Crippen MR) is 71.5 cm³/mol. The standard InChI is InChI=1S/C13H26N2O3/c1-6-10(8(2)3)14-13(18)15-11(9(4)5)7-12(16)17/h8-11H,6-7H2,1-5H3,(H,16,17)(H2,14,15,18). The van der Waals surface area contributed by atoms with Gasteiger partial charge in [-0.15, -0.1) is 0 Å². The molecule has 0 aliphatic carbocycles. The molecule has 0 saturated heterocycles. The number of hydrogen-bond donors (Lipinski definition) is 3. The second-order valence-electron chi connectivity index (χ2n) is 5.32. The van der Waals surface area contributed by atoms with E-state index in [0.29, 0.717) is 5.92 Å². The first-order valence-electron chi connectivity index (χ1n) is 6.56. The predicted octanol–water partition coefficient (Wildman–Crippen LogP) is 2.22. The van der Waals surface area contributed by atoms with Gasteiger partial charge < -0.3 is 15.7 Å². The van der Waals surface area contributed by atoms with E-state index in [9.17, 15) is 9.59 Å². The molecule has 0 spiro atoms. The Bertz CT molecular complexity index is 277. The van der Waals surface area contributed by atoms with Crippen molar-refractivity contribution >= 4 is 12.0 Å². The molecule has 0 aliphatic heterocycles. The molecule has 3 N–H and O–H groups in total. The lowest BCUT2D eigenvalue weighted by atomic mass is 10.0. The third-order valence-corrected chi connectivity index (χ3v) is 3.08. The second-order valence-corrected chi connectivity index (χ2v) is 5.32. The molecule has 106 valence electrons. The molecule has 0 radical (unpaired) electrons. The minimum atomic E-state index is -0.898. The molecule has 0 fully saturated rings. The van der Waals surface area contributed by atoms with Crippen LogP contribution in [0, 0.1) is 11.8 Å². The average molecular weight is 258 g/mol. The maximum atomic E-state index is 11.8. The molecule has 0 aromatic rings. The summed E-state index contributed by atoms with van der Waals surface area (Å²) in [6.07, 6.45) is 0.805. The van der Waals surface area contributed by atoms with Gasteiger partial charge in [0.05, 0.1) is 6.42 Å². The lowest BCUT2D eigenvalue weighted by Gasteiger charge is -2.25. The minimum Gasteiger partial charge on any atom is -0.481 e. The number of hydrogen-bond acceptors (Lipinski definition) is 2. The SMILES string of the molecule is CCC(NC(=O)NC(CC(=O)O)C(C)C)C(C)C. The van der Waals surface area contributed by atoms with Crippen molar-refractivity contribution < 1.29 is 14.7 Å². The maximum absolute atomic E-state index is 11.8. The molecule has 0 aromatic carbocycles. The highest BCUT2D eigenvalue weighted by Gasteiger charge is 2.21. The Kier molecular flexibility index (Phi) is 7.39. The molecule has 0 aromatic heterocycles. The Hall–Kier alpha value is -1.26. The molecule has 2 atom stereocenters. The molecule has 0 rings (SSSR count). The average Bonchev–Trinajstić information content (AvgIpc) is 2.23. The Morgan fingerprint density at radius 1 is 1.00 bits per heavy atom. The number of carboxylic acids is 1. The van der Waals surface area contributed by atoms with Crippen LogP contribution in [0.25, 0.3) is 0 Å². The van der Waals surface area contributed by atoms with E-state index in [4.69, 9.17) is 5.11 Å². The fourth-order valence-electron chi connectivity index (χ4n) is 1.76. The van der Waals surface area contributed by atoms with Crippen molar-refractivity contribution in [1.29, 1.82) is 0 Å². The number of carboxylic acid groups (broad SMARTS) is 1. The number of carbonyl (C=O) groups excluding carboxylic acids is 1. The monoisotopic (exact) mass is 258 g/mol. The quantitative estimate of drug-likeness (QED) is 0.655. The van der Waals surface area contributed by atoms with Crippen molar-refractivity contribution in [2.24, 2.45) is 11.8 Å². The number of urea groups is 1. The van der Waals surface area contributed by atoms with Gasteiger partial charge >= 0.3 is 12.0 Å². The Labute approximate surface area is 109 Å². The summed E-state index contributed by atoms with van der Waals surface area (Å²) in [4.78, 5) is 22.5. The number of rotatable bonds is 7. The number of amides is 2. The van der Waals surface area contributed by atoms with Crippen LogP contribution in [0.3, 0.4) is 0 Å². The molecule has 18 heavy (non-hydrogen) atoms. The fourth-order valence-corrected chi connectivity index (χ4v) is 1.76. The molecule has 0 saturated carbocycles. The van der Waals surface area contributed by atoms with Crippen molar-refractivity contribution in [1.82, 2.24) is 10.6 Å². The van der Waals surface area contributed by atoms with Crippen molar-refractivity contribution in [3.05, 3.63) is 0 Å². The molecule has 0 bridgehead atoms. The molecule has 5 nitrogen and oxygen atoms in total. The molecule has 2 unspecified atom stereocenters. The van der Waals surface area contributed by atoms with E-state index in [1.807, 2.05) is 34.6 Å². The van der Waals surface area contributed by atoms with Gasteiger partial charge in [0.2, 0.25) is 0 Å². The van der Waals surface area contributed by atoms with Crippen molar-refractivity contribution in [3.63, 3.8) is 0 Å². The largest absolute Gasteiger partial charge is 0.481 e. The van der Waals surface area contributed by atoms with Gasteiger partial charge in [-0.05, 0) is 18.3 Å². The highest BCUT2D eigenvalue weighted by atomic mass is 16.4. The van der Waals surface area contributed by atoms with Crippen LogP contribution in [0.4, 0.5) is 4.79 Å². The van der Waals surface area contributed by atoms with E-state index in [1.54, 1.807) is 0 Å². The summed E-state index contributed by atoms with van der Waals surface area (Å²) in [5, 5.41) is 14.4. The first kappa shape index (κ1) is 16.7. The molecule has 0 aliphatic rings. The Morgan fingerprint density at radius 3 is 1.78 bits per heavy atom. The summed E-state index contributed by atoms with van der Waals surface area (Å²) in [6, 6.07) is -0.509. The first-order valence-corrected chi connectivity index (χ1v) is 6.56. The van der Waals surface area contributed by atoms with Crippen molar-refractivity contribution in [3.8, 4) is 0 Å². The van der Waals surface area contributed by atoms with Gasteiger partial charge in [-0.1, -0.05) is 34.6 Å². The van der Waals surface area contributed by atoms with E-state index in [2.05, 4.69) is 10.6 Å². The molecule has 0 heterocycles. The van der Waals surface area contributed by atoms with Gasteiger partial charge in [0.1, 0.15) is 0 Å². The van der Waals surface area contributed by atoms with Crippen LogP contribution >= 0.6 is 0 Å². The molecule has 5 heteroatoms. The van der Waals surface area contributed by atoms with E-state index < -0.39 is 5.97 Å². The zero-order valence-electron chi connectivity index (χ0n) is 12.0. The van der Waals surface area contributed by atoms with Crippen molar-refractivity contribution in [2.45, 2.75) is 59.5 Å². The van der Waals surface area contributed by atoms with Gasteiger partial charge in [0, 0.05) is 12.1 Å². The lowest BCUT2D eigenvalue weighted by molar-refractivity contribution is -0.137. The van der Waals surface area contributed by atoms with Crippen LogP contribution in [0.2, 0.25) is 0 Å². The number of carbonyl (C=O) groups is 2. The summed E-state index contributed by atoms with van der Waals surface area (Å²) in [6.45, 7) is 9.90. The number of nitrogens with one attached hydrogen (secondary N) is 2. The third-order valence-electron chi connectivity index (χ3n) is 3.08. The summed E-state index contributed by atoms with van der Waals surface area (Å²) in [5.41, 5.74) is 0. The van der Waals surface area contributed by atoms with Crippen LogP contribution in [-0.4, -0.2) is 29.2 Å². The fraction of sp³-hybridized carbons (Fsp3) is 0.846. The Balaban J connectivity index is 4.37. The van der Waals surface area contributed by atoms with Crippen LogP contribution < -0.4 is 10.6 Å². The zero-order valence-corrected chi connectivity index (χ0v) is 12.0. The highest BCUT2D eigenvalue weighted by molar-refractivity contribution is 5.76. The normalized spacial score (nSPS) is 14.4. The van der Waals surface area contributed by atoms with Gasteiger partial charge in [-0.3, -0.25) is 4.79 Å². The van der Waals surface area contributed by atoms with Crippen LogP contribution in [0.15, 0.2) is 0 Å². The summed E-state index contributed by atoms with van der Waals surface area (Å²) in [7, 11) is 0. The van der Waals surface area contributed by atoms with Gasteiger partial charge in [-0.2, -0.15) is 0 Å².